The quantitative estimate of drug-likeness (QED) is 0.739. The molecule has 0 amide bonds. The van der Waals surface area contributed by atoms with Gasteiger partial charge in [-0.15, -0.1) is 0 Å². The van der Waals surface area contributed by atoms with E-state index in [2.05, 4.69) is 40.1 Å². The van der Waals surface area contributed by atoms with Crippen molar-refractivity contribution in [3.8, 4) is 5.75 Å². The minimum atomic E-state index is -0.927. The second-order valence-corrected chi connectivity index (χ2v) is 6.64. The summed E-state index contributed by atoms with van der Waals surface area (Å²) >= 11 is 0. The van der Waals surface area contributed by atoms with Gasteiger partial charge in [-0.3, -0.25) is 4.90 Å². The average molecular weight is 354 g/mol. The summed E-state index contributed by atoms with van der Waals surface area (Å²) in [7, 11) is 0. The predicted molar refractivity (Wildman–Crippen MR) is 102 cm³/mol. The van der Waals surface area contributed by atoms with Gasteiger partial charge in [-0.25, -0.2) is 4.79 Å². The normalized spacial score (nSPS) is 15.7. The van der Waals surface area contributed by atoms with Crippen LogP contribution in [0.5, 0.6) is 5.75 Å². The average Bonchev–Trinajstić information content (AvgIpc) is 2.67. The monoisotopic (exact) mass is 354 g/mol. The summed E-state index contributed by atoms with van der Waals surface area (Å²) in [4.78, 5) is 15.9. The van der Waals surface area contributed by atoms with Crippen molar-refractivity contribution >= 4 is 5.97 Å². The number of hydrogen-bond acceptors (Lipinski definition) is 4. The molecule has 1 aliphatic heterocycles. The van der Waals surface area contributed by atoms with Gasteiger partial charge < -0.3 is 14.7 Å². The van der Waals surface area contributed by atoms with Gasteiger partial charge in [0.2, 0.25) is 0 Å². The third kappa shape index (κ3) is 5.58. The van der Waals surface area contributed by atoms with E-state index < -0.39 is 5.97 Å². The predicted octanol–water partition coefficient (Wildman–Crippen LogP) is 2.97. The van der Waals surface area contributed by atoms with E-state index >= 15 is 0 Å². The molecule has 1 saturated heterocycles. The molecule has 0 atom stereocenters. The SMILES string of the molecule is O=C(O)c1cccc(OCCCN2CCN(Cc3ccccc3)CC2)c1. The maximum Gasteiger partial charge on any atom is 0.335 e. The molecule has 1 aliphatic rings. The Bertz CT molecular complexity index is 697. The summed E-state index contributed by atoms with van der Waals surface area (Å²) in [6, 6.07) is 17.3. The second kappa shape index (κ2) is 9.36. The first kappa shape index (κ1) is 18.4. The molecule has 26 heavy (non-hydrogen) atoms. The van der Waals surface area contributed by atoms with Crippen LogP contribution in [0.2, 0.25) is 0 Å². The van der Waals surface area contributed by atoms with Crippen LogP contribution in [0.15, 0.2) is 54.6 Å². The minimum Gasteiger partial charge on any atom is -0.494 e. The van der Waals surface area contributed by atoms with Crippen molar-refractivity contribution in [3.63, 3.8) is 0 Å². The van der Waals surface area contributed by atoms with E-state index in [1.165, 1.54) is 5.56 Å². The van der Waals surface area contributed by atoms with E-state index in [0.29, 0.717) is 12.4 Å². The molecule has 5 heteroatoms. The largest absolute Gasteiger partial charge is 0.494 e. The molecular formula is C21H26N2O3. The molecule has 1 N–H and O–H groups in total. The van der Waals surface area contributed by atoms with Crippen LogP contribution in [0, 0.1) is 0 Å². The number of ether oxygens (including phenoxy) is 1. The van der Waals surface area contributed by atoms with Gasteiger partial charge in [-0.2, -0.15) is 0 Å². The summed E-state index contributed by atoms with van der Waals surface area (Å²) in [5, 5.41) is 9.00. The lowest BCUT2D eigenvalue weighted by Gasteiger charge is -2.34. The first-order valence-electron chi connectivity index (χ1n) is 9.15. The van der Waals surface area contributed by atoms with Crippen molar-refractivity contribution in [1.29, 1.82) is 0 Å². The summed E-state index contributed by atoms with van der Waals surface area (Å²) < 4.78 is 5.69. The Morgan fingerprint density at radius 3 is 2.42 bits per heavy atom. The van der Waals surface area contributed by atoms with E-state index in [-0.39, 0.29) is 5.56 Å². The van der Waals surface area contributed by atoms with Crippen LogP contribution in [-0.4, -0.2) is 60.2 Å². The molecular weight excluding hydrogens is 328 g/mol. The Balaban J connectivity index is 1.33. The van der Waals surface area contributed by atoms with Crippen LogP contribution in [0.25, 0.3) is 0 Å². The number of piperazine rings is 1. The second-order valence-electron chi connectivity index (χ2n) is 6.64. The Hall–Kier alpha value is -2.37. The first-order chi connectivity index (χ1) is 12.7. The Morgan fingerprint density at radius 1 is 0.962 bits per heavy atom. The molecule has 0 aromatic heterocycles. The third-order valence-electron chi connectivity index (χ3n) is 4.68. The Morgan fingerprint density at radius 2 is 1.69 bits per heavy atom. The zero-order valence-corrected chi connectivity index (χ0v) is 15.0. The molecule has 0 saturated carbocycles. The molecule has 2 aromatic rings. The highest BCUT2D eigenvalue weighted by atomic mass is 16.5. The molecule has 0 bridgehead atoms. The summed E-state index contributed by atoms with van der Waals surface area (Å²) in [5.74, 6) is -0.304. The number of hydrogen-bond donors (Lipinski definition) is 1. The van der Waals surface area contributed by atoms with Crippen molar-refractivity contribution < 1.29 is 14.6 Å². The summed E-state index contributed by atoms with van der Waals surface area (Å²) in [6.07, 6.45) is 0.940. The lowest BCUT2D eigenvalue weighted by molar-refractivity contribution is 0.0696. The number of carboxylic acid groups (broad SMARTS) is 1. The fourth-order valence-electron chi connectivity index (χ4n) is 3.21. The molecule has 5 nitrogen and oxygen atoms in total. The fraction of sp³-hybridized carbons (Fsp3) is 0.381. The topological polar surface area (TPSA) is 53.0 Å². The Kier molecular flexibility index (Phi) is 6.63. The zero-order chi connectivity index (χ0) is 18.2. The van der Waals surface area contributed by atoms with Crippen LogP contribution in [0.4, 0.5) is 0 Å². The van der Waals surface area contributed by atoms with Crippen LogP contribution in [0.3, 0.4) is 0 Å². The molecule has 0 spiro atoms. The van der Waals surface area contributed by atoms with Gasteiger partial charge in [0.15, 0.2) is 0 Å². The minimum absolute atomic E-state index is 0.261. The summed E-state index contributed by atoms with van der Waals surface area (Å²) in [6.45, 7) is 7.00. The van der Waals surface area contributed by atoms with Gasteiger partial charge >= 0.3 is 5.97 Å². The highest BCUT2D eigenvalue weighted by molar-refractivity contribution is 5.87. The molecule has 0 unspecified atom stereocenters. The van der Waals surface area contributed by atoms with Gasteiger partial charge in [0.05, 0.1) is 12.2 Å². The van der Waals surface area contributed by atoms with Gasteiger partial charge in [0, 0.05) is 39.3 Å². The summed E-state index contributed by atoms with van der Waals surface area (Å²) in [5.41, 5.74) is 1.63. The molecule has 3 rings (SSSR count). The number of carboxylic acids is 1. The van der Waals surface area contributed by atoms with E-state index in [9.17, 15) is 4.79 Å². The van der Waals surface area contributed by atoms with E-state index in [4.69, 9.17) is 9.84 Å². The van der Waals surface area contributed by atoms with Crippen LogP contribution >= 0.6 is 0 Å². The van der Waals surface area contributed by atoms with Crippen molar-refractivity contribution in [2.75, 3.05) is 39.3 Å². The fourth-order valence-corrected chi connectivity index (χ4v) is 3.21. The van der Waals surface area contributed by atoms with E-state index in [1.807, 2.05) is 0 Å². The molecule has 0 radical (unpaired) electrons. The maximum atomic E-state index is 11.0. The van der Waals surface area contributed by atoms with Gasteiger partial charge in [-0.05, 0) is 30.2 Å². The molecule has 1 fully saturated rings. The van der Waals surface area contributed by atoms with Crippen molar-refractivity contribution in [2.24, 2.45) is 0 Å². The van der Waals surface area contributed by atoms with Crippen LogP contribution in [-0.2, 0) is 6.54 Å². The number of nitrogens with zero attached hydrogens (tertiary/aromatic N) is 2. The van der Waals surface area contributed by atoms with E-state index in [1.54, 1.807) is 24.3 Å². The smallest absolute Gasteiger partial charge is 0.335 e. The number of rotatable bonds is 8. The van der Waals surface area contributed by atoms with Crippen molar-refractivity contribution in [1.82, 2.24) is 9.80 Å². The number of carbonyl (C=O) groups is 1. The Labute approximate surface area is 154 Å². The van der Waals surface area contributed by atoms with Crippen LogP contribution in [0.1, 0.15) is 22.3 Å². The number of benzene rings is 2. The highest BCUT2D eigenvalue weighted by Gasteiger charge is 2.16. The maximum absolute atomic E-state index is 11.0. The lowest BCUT2D eigenvalue weighted by Crippen LogP contribution is -2.46. The lowest BCUT2D eigenvalue weighted by atomic mass is 10.2. The zero-order valence-electron chi connectivity index (χ0n) is 15.0. The first-order valence-corrected chi connectivity index (χ1v) is 9.15. The third-order valence-corrected chi connectivity index (χ3v) is 4.68. The van der Waals surface area contributed by atoms with Gasteiger partial charge in [-0.1, -0.05) is 36.4 Å². The van der Waals surface area contributed by atoms with E-state index in [0.717, 1.165) is 45.7 Å². The molecule has 138 valence electrons. The van der Waals surface area contributed by atoms with Crippen molar-refractivity contribution in [2.45, 2.75) is 13.0 Å². The highest BCUT2D eigenvalue weighted by Crippen LogP contribution is 2.14. The van der Waals surface area contributed by atoms with Gasteiger partial charge in [0.1, 0.15) is 5.75 Å². The molecule has 0 aliphatic carbocycles. The van der Waals surface area contributed by atoms with Crippen molar-refractivity contribution in [3.05, 3.63) is 65.7 Å². The standard InChI is InChI=1S/C21H26N2O3/c24-21(25)19-8-4-9-20(16-19)26-15-5-10-22-11-13-23(14-12-22)17-18-6-2-1-3-7-18/h1-4,6-9,16H,5,10-15,17H2,(H,24,25). The molecule has 1 heterocycles. The molecule has 2 aromatic carbocycles. The van der Waals surface area contributed by atoms with Gasteiger partial charge in [0.25, 0.3) is 0 Å². The number of aromatic carboxylic acids is 1. The van der Waals surface area contributed by atoms with Crippen LogP contribution < -0.4 is 4.74 Å².